The lowest BCUT2D eigenvalue weighted by Gasteiger charge is -2.13. The summed E-state index contributed by atoms with van der Waals surface area (Å²) in [4.78, 5) is 12.4. The molecule has 0 aliphatic heterocycles. The van der Waals surface area contributed by atoms with Gasteiger partial charge in [0.05, 0.1) is 6.21 Å². The minimum atomic E-state index is -0.387. The fraction of sp³-hybridized carbons (Fsp3) is 0.167. The predicted molar refractivity (Wildman–Crippen MR) is 124 cm³/mol. The van der Waals surface area contributed by atoms with Crippen molar-refractivity contribution in [1.29, 1.82) is 0 Å². The van der Waals surface area contributed by atoms with Gasteiger partial charge in [-0.05, 0) is 69.7 Å². The third kappa shape index (κ3) is 3.83. The molecule has 2 aromatic heterocycles. The molecule has 0 bridgehead atoms. The number of carbonyl (C=O) groups excluding carboxylic acids is 1. The van der Waals surface area contributed by atoms with Crippen LogP contribution < -0.4 is 5.43 Å². The van der Waals surface area contributed by atoms with Crippen LogP contribution in [0.5, 0.6) is 0 Å². The van der Waals surface area contributed by atoms with Gasteiger partial charge >= 0.3 is 5.91 Å². The molecule has 0 atom stereocenters. The van der Waals surface area contributed by atoms with E-state index in [2.05, 4.69) is 76.1 Å². The minimum absolute atomic E-state index is 0.223. The largest absolute Gasteiger partial charge is 0.451 e. The van der Waals surface area contributed by atoms with E-state index in [9.17, 15) is 4.79 Å². The highest BCUT2D eigenvalue weighted by Crippen LogP contribution is 2.24. The zero-order valence-corrected chi connectivity index (χ0v) is 18.9. The number of fused-ring (bicyclic) bond motifs is 1. The second-order valence-electron chi connectivity index (χ2n) is 7.44. The number of benzene rings is 2. The molecule has 0 radical (unpaired) electrons. The van der Waals surface area contributed by atoms with E-state index in [1.807, 2.05) is 25.1 Å². The van der Waals surface area contributed by atoms with E-state index in [0.717, 1.165) is 32.5 Å². The Kier molecular flexibility index (Phi) is 5.35. The summed E-state index contributed by atoms with van der Waals surface area (Å²) < 4.78 is 8.74. The third-order valence-corrected chi connectivity index (χ3v) is 5.63. The van der Waals surface area contributed by atoms with Crippen molar-refractivity contribution in [3.05, 3.63) is 86.8 Å². The Morgan fingerprint density at radius 2 is 1.87 bits per heavy atom. The standard InChI is InChI=1S/C24H22BrN3O2/c1-14-5-7-21(15(2)9-14)28-16(3)10-19(17(28)4)13-26-27-24(29)23-12-18-11-20(25)6-8-22(18)30-23/h5-13H,1-4H3,(H,27,29)/b26-13+. The summed E-state index contributed by atoms with van der Waals surface area (Å²) >= 11 is 3.42. The quantitative estimate of drug-likeness (QED) is 0.298. The zero-order valence-electron chi connectivity index (χ0n) is 17.3. The molecule has 4 aromatic rings. The molecule has 0 saturated heterocycles. The first-order valence-electron chi connectivity index (χ1n) is 9.62. The molecular formula is C24H22BrN3O2. The maximum Gasteiger partial charge on any atom is 0.307 e. The highest BCUT2D eigenvalue weighted by molar-refractivity contribution is 9.10. The topological polar surface area (TPSA) is 59.5 Å². The number of amides is 1. The number of aryl methyl sites for hydroxylation is 3. The lowest BCUT2D eigenvalue weighted by Crippen LogP contribution is -2.16. The molecule has 30 heavy (non-hydrogen) atoms. The van der Waals surface area contributed by atoms with Crippen LogP contribution in [0.4, 0.5) is 0 Å². The highest BCUT2D eigenvalue weighted by Gasteiger charge is 2.13. The summed E-state index contributed by atoms with van der Waals surface area (Å²) in [5.74, 6) is -0.164. The van der Waals surface area contributed by atoms with Gasteiger partial charge in [0, 0.05) is 32.5 Å². The number of halogens is 1. The fourth-order valence-electron chi connectivity index (χ4n) is 3.69. The molecule has 4 rings (SSSR count). The van der Waals surface area contributed by atoms with Gasteiger partial charge in [-0.1, -0.05) is 33.6 Å². The van der Waals surface area contributed by atoms with E-state index in [-0.39, 0.29) is 11.7 Å². The average molecular weight is 464 g/mol. The van der Waals surface area contributed by atoms with Crippen molar-refractivity contribution < 1.29 is 9.21 Å². The summed E-state index contributed by atoms with van der Waals surface area (Å²) in [6, 6.07) is 15.8. The molecule has 1 amide bonds. The summed E-state index contributed by atoms with van der Waals surface area (Å²) in [5.41, 5.74) is 9.92. The molecule has 0 spiro atoms. The van der Waals surface area contributed by atoms with Crippen LogP contribution in [0.1, 0.15) is 38.6 Å². The third-order valence-electron chi connectivity index (χ3n) is 5.14. The fourth-order valence-corrected chi connectivity index (χ4v) is 4.07. The van der Waals surface area contributed by atoms with Crippen molar-refractivity contribution in [2.45, 2.75) is 27.7 Å². The lowest BCUT2D eigenvalue weighted by molar-refractivity contribution is 0.0929. The van der Waals surface area contributed by atoms with Crippen LogP contribution in [-0.4, -0.2) is 16.7 Å². The molecule has 2 aromatic carbocycles. The van der Waals surface area contributed by atoms with Crippen LogP contribution in [0.25, 0.3) is 16.7 Å². The molecule has 0 fully saturated rings. The van der Waals surface area contributed by atoms with Gasteiger partial charge < -0.3 is 8.98 Å². The van der Waals surface area contributed by atoms with Crippen molar-refractivity contribution in [3.63, 3.8) is 0 Å². The van der Waals surface area contributed by atoms with Gasteiger partial charge in [0.2, 0.25) is 0 Å². The monoisotopic (exact) mass is 463 g/mol. The van der Waals surface area contributed by atoms with Crippen LogP contribution in [0.3, 0.4) is 0 Å². The van der Waals surface area contributed by atoms with E-state index in [1.165, 1.54) is 11.1 Å². The maximum absolute atomic E-state index is 12.4. The molecule has 5 nitrogen and oxygen atoms in total. The Morgan fingerprint density at radius 3 is 2.63 bits per heavy atom. The number of aromatic nitrogens is 1. The first-order valence-corrected chi connectivity index (χ1v) is 10.4. The van der Waals surface area contributed by atoms with Gasteiger partial charge in [-0.15, -0.1) is 0 Å². The number of nitrogens with one attached hydrogen (secondary N) is 1. The molecule has 2 heterocycles. The molecular weight excluding hydrogens is 442 g/mol. The Labute approximate surface area is 183 Å². The zero-order chi connectivity index (χ0) is 21.4. The second-order valence-corrected chi connectivity index (χ2v) is 8.36. The Morgan fingerprint density at radius 1 is 1.07 bits per heavy atom. The van der Waals surface area contributed by atoms with Gasteiger partial charge in [-0.25, -0.2) is 5.43 Å². The van der Waals surface area contributed by atoms with Crippen molar-refractivity contribution in [2.75, 3.05) is 0 Å². The highest BCUT2D eigenvalue weighted by atomic mass is 79.9. The number of hydrogen-bond acceptors (Lipinski definition) is 3. The van der Waals surface area contributed by atoms with E-state index < -0.39 is 0 Å². The minimum Gasteiger partial charge on any atom is -0.451 e. The predicted octanol–water partition coefficient (Wildman–Crippen LogP) is 5.98. The number of hydrogen-bond donors (Lipinski definition) is 1. The van der Waals surface area contributed by atoms with Gasteiger partial charge in [0.15, 0.2) is 5.76 Å². The molecule has 0 aliphatic carbocycles. The van der Waals surface area contributed by atoms with Crippen LogP contribution >= 0.6 is 15.9 Å². The Bertz CT molecular complexity index is 1300. The van der Waals surface area contributed by atoms with E-state index in [0.29, 0.717) is 5.58 Å². The number of carbonyl (C=O) groups is 1. The molecule has 0 unspecified atom stereocenters. The van der Waals surface area contributed by atoms with Gasteiger partial charge in [-0.2, -0.15) is 5.10 Å². The van der Waals surface area contributed by atoms with Gasteiger partial charge in [0.1, 0.15) is 5.58 Å². The Hall–Kier alpha value is -3.12. The van der Waals surface area contributed by atoms with Crippen molar-refractivity contribution in [1.82, 2.24) is 9.99 Å². The average Bonchev–Trinajstić information content (AvgIpc) is 3.23. The SMILES string of the molecule is Cc1ccc(-n2c(C)cc(/C=N/NC(=O)c3cc4cc(Br)ccc4o3)c2C)c(C)c1. The van der Waals surface area contributed by atoms with Crippen LogP contribution in [-0.2, 0) is 0 Å². The first kappa shape index (κ1) is 20.2. The lowest BCUT2D eigenvalue weighted by atomic mass is 10.1. The van der Waals surface area contributed by atoms with E-state index in [1.54, 1.807) is 12.3 Å². The second kappa shape index (κ2) is 7.95. The van der Waals surface area contributed by atoms with Gasteiger partial charge in [0.25, 0.3) is 0 Å². The van der Waals surface area contributed by atoms with Crippen molar-refractivity contribution in [3.8, 4) is 5.69 Å². The van der Waals surface area contributed by atoms with Gasteiger partial charge in [-0.3, -0.25) is 4.79 Å². The number of hydrazone groups is 1. The Balaban J connectivity index is 1.54. The molecule has 1 N–H and O–H groups in total. The van der Waals surface area contributed by atoms with Crippen molar-refractivity contribution in [2.24, 2.45) is 5.10 Å². The van der Waals surface area contributed by atoms with E-state index in [4.69, 9.17) is 4.42 Å². The first-order chi connectivity index (χ1) is 14.3. The summed E-state index contributed by atoms with van der Waals surface area (Å²) in [6.45, 7) is 8.32. The summed E-state index contributed by atoms with van der Waals surface area (Å²) in [7, 11) is 0. The molecule has 0 saturated carbocycles. The van der Waals surface area contributed by atoms with Crippen LogP contribution in [0.15, 0.2) is 62.5 Å². The summed E-state index contributed by atoms with van der Waals surface area (Å²) in [6.07, 6.45) is 1.67. The number of nitrogens with zero attached hydrogens (tertiary/aromatic N) is 2. The van der Waals surface area contributed by atoms with E-state index >= 15 is 0 Å². The van der Waals surface area contributed by atoms with Crippen LogP contribution in [0.2, 0.25) is 0 Å². The number of rotatable bonds is 4. The van der Waals surface area contributed by atoms with Crippen molar-refractivity contribution >= 4 is 39.0 Å². The van der Waals surface area contributed by atoms with Crippen LogP contribution in [0, 0.1) is 27.7 Å². The summed E-state index contributed by atoms with van der Waals surface area (Å²) in [5, 5.41) is 5.00. The normalized spacial score (nSPS) is 11.5. The maximum atomic E-state index is 12.4. The molecule has 0 aliphatic rings. The number of furan rings is 1. The molecule has 152 valence electrons. The smallest absolute Gasteiger partial charge is 0.307 e. The molecule has 6 heteroatoms.